The average Bonchev–Trinajstić information content (AvgIpc) is 2.06. The van der Waals surface area contributed by atoms with E-state index in [1.807, 2.05) is 0 Å². The summed E-state index contributed by atoms with van der Waals surface area (Å²) < 4.78 is 52.4. The molecule has 0 bridgehead atoms. The van der Waals surface area contributed by atoms with Crippen molar-refractivity contribution < 1.29 is 21.9 Å². The largest absolute Gasteiger partial charge is 0.433 e. The van der Waals surface area contributed by atoms with E-state index < -0.39 is 16.6 Å². The first-order valence-corrected chi connectivity index (χ1v) is 6.20. The zero-order valence-electron chi connectivity index (χ0n) is 8.70. The van der Waals surface area contributed by atoms with Gasteiger partial charge in [0, 0.05) is 0 Å². The Morgan fingerprint density at radius 2 is 2.00 bits per heavy atom. The number of hydrogen-bond donors (Lipinski definition) is 1. The van der Waals surface area contributed by atoms with Crippen molar-refractivity contribution in [3.05, 3.63) is 23.8 Å². The van der Waals surface area contributed by atoms with Crippen LogP contribution in [0.2, 0.25) is 0 Å². The second-order valence-corrected chi connectivity index (χ2v) is 5.00. The molecular formula is C9H11F2NO3S. The standard InChI is InChI=1S/C9H11F2NO3S/c1-6-3-4-8(15-9(10)11)7(5-6)12-16(2,13)14/h3-5,9,12H,1-2H3. The Morgan fingerprint density at radius 3 is 2.50 bits per heavy atom. The summed E-state index contributed by atoms with van der Waals surface area (Å²) in [7, 11) is -3.53. The minimum atomic E-state index is -3.53. The number of sulfonamides is 1. The van der Waals surface area contributed by atoms with E-state index in [0.717, 1.165) is 11.8 Å². The molecule has 0 saturated carbocycles. The van der Waals surface area contributed by atoms with Crippen molar-refractivity contribution in [3.8, 4) is 5.75 Å². The highest BCUT2D eigenvalue weighted by atomic mass is 32.2. The van der Waals surface area contributed by atoms with Crippen LogP contribution in [0, 0.1) is 6.92 Å². The van der Waals surface area contributed by atoms with Crippen molar-refractivity contribution in [2.24, 2.45) is 0 Å². The summed E-state index contributed by atoms with van der Waals surface area (Å²) in [4.78, 5) is 0. The maximum Gasteiger partial charge on any atom is 0.387 e. The lowest BCUT2D eigenvalue weighted by atomic mass is 10.2. The highest BCUT2D eigenvalue weighted by Crippen LogP contribution is 2.27. The van der Waals surface area contributed by atoms with Gasteiger partial charge in [-0.1, -0.05) is 6.07 Å². The van der Waals surface area contributed by atoms with Gasteiger partial charge in [-0.25, -0.2) is 8.42 Å². The molecule has 0 fully saturated rings. The summed E-state index contributed by atoms with van der Waals surface area (Å²) >= 11 is 0. The summed E-state index contributed by atoms with van der Waals surface area (Å²) in [6.07, 6.45) is 0.932. The monoisotopic (exact) mass is 251 g/mol. The van der Waals surface area contributed by atoms with Crippen molar-refractivity contribution in [2.75, 3.05) is 11.0 Å². The van der Waals surface area contributed by atoms with E-state index in [2.05, 4.69) is 9.46 Å². The SMILES string of the molecule is Cc1ccc(OC(F)F)c(NS(C)(=O)=O)c1. The zero-order valence-corrected chi connectivity index (χ0v) is 9.51. The Labute approximate surface area is 92.3 Å². The lowest BCUT2D eigenvalue weighted by molar-refractivity contribution is -0.0493. The third-order valence-electron chi connectivity index (χ3n) is 1.65. The smallest absolute Gasteiger partial charge is 0.387 e. The number of ether oxygens (including phenoxy) is 1. The summed E-state index contributed by atoms with van der Waals surface area (Å²) in [5.41, 5.74) is 0.732. The molecular weight excluding hydrogens is 240 g/mol. The molecule has 0 heterocycles. The first-order chi connectivity index (χ1) is 7.28. The number of alkyl halides is 2. The van der Waals surface area contributed by atoms with Crippen molar-refractivity contribution in [1.29, 1.82) is 0 Å². The van der Waals surface area contributed by atoms with Crippen LogP contribution in [0.4, 0.5) is 14.5 Å². The lowest BCUT2D eigenvalue weighted by Crippen LogP contribution is -2.12. The van der Waals surface area contributed by atoms with Gasteiger partial charge in [0.1, 0.15) is 5.75 Å². The average molecular weight is 251 g/mol. The fraction of sp³-hybridized carbons (Fsp3) is 0.333. The molecule has 0 atom stereocenters. The summed E-state index contributed by atoms with van der Waals surface area (Å²) in [6.45, 7) is -1.29. The van der Waals surface area contributed by atoms with E-state index in [-0.39, 0.29) is 11.4 Å². The van der Waals surface area contributed by atoms with Gasteiger partial charge in [0.05, 0.1) is 11.9 Å². The summed E-state index contributed by atoms with van der Waals surface area (Å²) in [6, 6.07) is 4.25. The lowest BCUT2D eigenvalue weighted by Gasteiger charge is -2.12. The predicted molar refractivity (Wildman–Crippen MR) is 56.3 cm³/mol. The summed E-state index contributed by atoms with van der Waals surface area (Å²) in [5, 5.41) is 0. The highest BCUT2D eigenvalue weighted by molar-refractivity contribution is 7.92. The quantitative estimate of drug-likeness (QED) is 0.890. The number of halogens is 2. The van der Waals surface area contributed by atoms with Crippen LogP contribution in [0.25, 0.3) is 0 Å². The molecule has 0 radical (unpaired) electrons. The molecule has 0 unspecified atom stereocenters. The van der Waals surface area contributed by atoms with Crippen LogP contribution in [-0.2, 0) is 10.0 Å². The molecule has 0 aliphatic rings. The Hall–Kier alpha value is -1.37. The van der Waals surface area contributed by atoms with Crippen LogP contribution >= 0.6 is 0 Å². The molecule has 0 aliphatic heterocycles. The number of hydrogen-bond acceptors (Lipinski definition) is 3. The first kappa shape index (κ1) is 12.7. The van der Waals surface area contributed by atoms with Gasteiger partial charge < -0.3 is 4.74 Å². The minimum absolute atomic E-state index is 0.00259. The Kier molecular flexibility index (Phi) is 3.69. The second-order valence-electron chi connectivity index (χ2n) is 3.25. The second kappa shape index (κ2) is 4.65. The van der Waals surface area contributed by atoms with Crippen LogP contribution in [0.5, 0.6) is 5.75 Å². The van der Waals surface area contributed by atoms with E-state index in [4.69, 9.17) is 0 Å². The maximum atomic E-state index is 12.0. The van der Waals surface area contributed by atoms with Crippen molar-refractivity contribution in [1.82, 2.24) is 0 Å². The topological polar surface area (TPSA) is 55.4 Å². The van der Waals surface area contributed by atoms with Gasteiger partial charge in [0.25, 0.3) is 0 Å². The number of benzene rings is 1. The molecule has 7 heteroatoms. The number of rotatable bonds is 4. The van der Waals surface area contributed by atoms with Crippen LogP contribution < -0.4 is 9.46 Å². The number of nitrogens with one attached hydrogen (secondary N) is 1. The zero-order chi connectivity index (χ0) is 12.3. The van der Waals surface area contributed by atoms with Crippen molar-refractivity contribution in [3.63, 3.8) is 0 Å². The van der Waals surface area contributed by atoms with Crippen LogP contribution in [0.3, 0.4) is 0 Å². The Balaban J connectivity index is 3.08. The van der Waals surface area contributed by atoms with Crippen molar-refractivity contribution in [2.45, 2.75) is 13.5 Å². The van der Waals surface area contributed by atoms with Gasteiger partial charge >= 0.3 is 6.61 Å². The predicted octanol–water partition coefficient (Wildman–Crippen LogP) is 1.97. The third-order valence-corrected chi connectivity index (χ3v) is 2.24. The van der Waals surface area contributed by atoms with Crippen LogP contribution in [0.1, 0.15) is 5.56 Å². The molecule has 90 valence electrons. The highest BCUT2D eigenvalue weighted by Gasteiger charge is 2.12. The van der Waals surface area contributed by atoms with Crippen molar-refractivity contribution >= 4 is 15.7 Å². The van der Waals surface area contributed by atoms with Gasteiger partial charge in [-0.05, 0) is 24.6 Å². The molecule has 0 aliphatic carbocycles. The van der Waals surface area contributed by atoms with Crippen LogP contribution in [0.15, 0.2) is 18.2 Å². The molecule has 0 amide bonds. The molecule has 16 heavy (non-hydrogen) atoms. The molecule has 1 aromatic carbocycles. The Bertz CT molecular complexity index is 474. The van der Waals surface area contributed by atoms with Gasteiger partial charge in [-0.2, -0.15) is 8.78 Å². The van der Waals surface area contributed by atoms with Crippen LogP contribution in [-0.4, -0.2) is 21.3 Å². The Morgan fingerprint density at radius 1 is 1.38 bits per heavy atom. The third kappa shape index (κ3) is 4.01. The first-order valence-electron chi connectivity index (χ1n) is 4.31. The molecule has 0 saturated heterocycles. The molecule has 1 N–H and O–H groups in total. The molecule has 1 rings (SSSR count). The van der Waals surface area contributed by atoms with E-state index in [9.17, 15) is 17.2 Å². The van der Waals surface area contributed by atoms with E-state index in [1.165, 1.54) is 12.1 Å². The van der Waals surface area contributed by atoms with Gasteiger partial charge in [-0.3, -0.25) is 4.72 Å². The fourth-order valence-corrected chi connectivity index (χ4v) is 1.68. The maximum absolute atomic E-state index is 12.0. The molecule has 0 spiro atoms. The minimum Gasteiger partial charge on any atom is -0.433 e. The van der Waals surface area contributed by atoms with E-state index >= 15 is 0 Å². The normalized spacial score (nSPS) is 11.6. The fourth-order valence-electron chi connectivity index (χ4n) is 1.12. The van der Waals surface area contributed by atoms with E-state index in [0.29, 0.717) is 0 Å². The van der Waals surface area contributed by atoms with E-state index in [1.54, 1.807) is 13.0 Å². The number of anilines is 1. The molecule has 1 aromatic rings. The van der Waals surface area contributed by atoms with Gasteiger partial charge in [-0.15, -0.1) is 0 Å². The summed E-state index contributed by atoms with van der Waals surface area (Å²) in [5.74, 6) is -0.203. The number of aryl methyl sites for hydroxylation is 1. The van der Waals surface area contributed by atoms with Gasteiger partial charge in [0.2, 0.25) is 10.0 Å². The molecule has 4 nitrogen and oxygen atoms in total. The molecule has 0 aromatic heterocycles. The van der Waals surface area contributed by atoms with Gasteiger partial charge in [0.15, 0.2) is 0 Å².